The van der Waals surface area contributed by atoms with E-state index >= 15 is 0 Å². The van der Waals surface area contributed by atoms with Crippen molar-refractivity contribution in [3.63, 3.8) is 0 Å². The second-order valence-electron chi connectivity index (χ2n) is 4.47. The Morgan fingerprint density at radius 2 is 2.14 bits per heavy atom. The Balaban J connectivity index is 2.37. The number of benzene rings is 1. The summed E-state index contributed by atoms with van der Waals surface area (Å²) in [5.74, 6) is 0.823. The third kappa shape index (κ3) is 1.63. The summed E-state index contributed by atoms with van der Waals surface area (Å²) in [6.07, 6.45) is 2.53. The van der Waals surface area contributed by atoms with E-state index in [9.17, 15) is 0 Å². The SMILES string of the molecule is CCC1CNc2cc(C)cc(C)c2C1. The second-order valence-corrected chi connectivity index (χ2v) is 4.47. The molecule has 0 spiro atoms. The third-order valence-electron chi connectivity index (χ3n) is 3.27. The first kappa shape index (κ1) is 9.57. The lowest BCUT2D eigenvalue weighted by atomic mass is 9.88. The van der Waals surface area contributed by atoms with E-state index < -0.39 is 0 Å². The molecule has 0 bridgehead atoms. The van der Waals surface area contributed by atoms with Crippen LogP contribution in [-0.2, 0) is 6.42 Å². The van der Waals surface area contributed by atoms with Crippen molar-refractivity contribution in [2.75, 3.05) is 11.9 Å². The Bertz CT molecular complexity index is 341. The molecule has 0 fully saturated rings. The van der Waals surface area contributed by atoms with Gasteiger partial charge in [0.25, 0.3) is 0 Å². The van der Waals surface area contributed by atoms with Crippen LogP contribution in [-0.4, -0.2) is 6.54 Å². The molecule has 1 aromatic rings. The van der Waals surface area contributed by atoms with Crippen molar-refractivity contribution in [1.82, 2.24) is 0 Å². The summed E-state index contributed by atoms with van der Waals surface area (Å²) in [6, 6.07) is 4.56. The van der Waals surface area contributed by atoms with E-state index in [2.05, 4.69) is 38.2 Å². The van der Waals surface area contributed by atoms with E-state index in [1.165, 1.54) is 35.2 Å². The maximum atomic E-state index is 3.55. The Morgan fingerprint density at radius 1 is 1.36 bits per heavy atom. The van der Waals surface area contributed by atoms with E-state index in [1.807, 2.05) is 0 Å². The van der Waals surface area contributed by atoms with Crippen molar-refractivity contribution >= 4 is 5.69 Å². The lowest BCUT2D eigenvalue weighted by Gasteiger charge is -2.27. The van der Waals surface area contributed by atoms with Gasteiger partial charge in [0.1, 0.15) is 0 Å². The van der Waals surface area contributed by atoms with Crippen LogP contribution in [0.25, 0.3) is 0 Å². The highest BCUT2D eigenvalue weighted by atomic mass is 14.9. The molecule has 1 unspecified atom stereocenters. The average Bonchev–Trinajstić information content (AvgIpc) is 2.17. The fraction of sp³-hybridized carbons (Fsp3) is 0.538. The summed E-state index contributed by atoms with van der Waals surface area (Å²) >= 11 is 0. The van der Waals surface area contributed by atoms with Gasteiger partial charge in [0.2, 0.25) is 0 Å². The first-order valence-corrected chi connectivity index (χ1v) is 5.54. The average molecular weight is 189 g/mol. The molecule has 0 amide bonds. The zero-order chi connectivity index (χ0) is 10.1. The van der Waals surface area contributed by atoms with E-state index in [0.29, 0.717) is 0 Å². The molecule has 2 rings (SSSR count). The minimum atomic E-state index is 0.823. The highest BCUT2D eigenvalue weighted by Crippen LogP contribution is 2.29. The molecule has 1 aromatic carbocycles. The molecule has 0 radical (unpaired) electrons. The molecule has 14 heavy (non-hydrogen) atoms. The van der Waals surface area contributed by atoms with Crippen molar-refractivity contribution < 1.29 is 0 Å². The first-order chi connectivity index (χ1) is 6.70. The van der Waals surface area contributed by atoms with E-state index in [0.717, 1.165) is 12.5 Å². The van der Waals surface area contributed by atoms with Crippen LogP contribution in [0.1, 0.15) is 30.0 Å². The number of nitrogens with one attached hydrogen (secondary N) is 1. The Morgan fingerprint density at radius 3 is 2.86 bits per heavy atom. The fourth-order valence-corrected chi connectivity index (χ4v) is 2.33. The van der Waals surface area contributed by atoms with Gasteiger partial charge in [-0.2, -0.15) is 0 Å². The van der Waals surface area contributed by atoms with Gasteiger partial charge in [0, 0.05) is 12.2 Å². The molecule has 1 nitrogen and oxygen atoms in total. The highest BCUT2D eigenvalue weighted by molar-refractivity contribution is 5.58. The molecule has 0 aliphatic carbocycles. The summed E-state index contributed by atoms with van der Waals surface area (Å²) in [5, 5.41) is 3.55. The number of fused-ring (bicyclic) bond motifs is 1. The predicted molar refractivity (Wildman–Crippen MR) is 61.9 cm³/mol. The summed E-state index contributed by atoms with van der Waals surface area (Å²) in [4.78, 5) is 0. The van der Waals surface area contributed by atoms with Gasteiger partial charge in [-0.1, -0.05) is 19.4 Å². The Hall–Kier alpha value is -0.980. The van der Waals surface area contributed by atoms with Crippen molar-refractivity contribution in [1.29, 1.82) is 0 Å². The first-order valence-electron chi connectivity index (χ1n) is 5.54. The summed E-state index contributed by atoms with van der Waals surface area (Å²) < 4.78 is 0. The molecule has 1 aliphatic heterocycles. The zero-order valence-electron chi connectivity index (χ0n) is 9.35. The van der Waals surface area contributed by atoms with Crippen LogP contribution in [0.4, 0.5) is 5.69 Å². The van der Waals surface area contributed by atoms with Gasteiger partial charge in [-0.05, 0) is 48.9 Å². The molecule has 1 aliphatic rings. The molecule has 1 heterocycles. The normalized spacial score (nSPS) is 20.1. The second kappa shape index (κ2) is 3.64. The van der Waals surface area contributed by atoms with Gasteiger partial charge in [-0.25, -0.2) is 0 Å². The summed E-state index contributed by atoms with van der Waals surface area (Å²) in [5.41, 5.74) is 5.72. The standard InChI is InChI=1S/C13H19N/c1-4-11-7-12-10(3)5-9(2)6-13(12)14-8-11/h5-6,11,14H,4,7-8H2,1-3H3. The van der Waals surface area contributed by atoms with E-state index in [4.69, 9.17) is 0 Å². The van der Waals surface area contributed by atoms with Gasteiger partial charge < -0.3 is 5.32 Å². The highest BCUT2D eigenvalue weighted by Gasteiger charge is 2.18. The molecule has 0 saturated carbocycles. The molecular formula is C13H19N. The molecule has 1 atom stereocenters. The topological polar surface area (TPSA) is 12.0 Å². The van der Waals surface area contributed by atoms with Gasteiger partial charge in [0.15, 0.2) is 0 Å². The van der Waals surface area contributed by atoms with Gasteiger partial charge >= 0.3 is 0 Å². The van der Waals surface area contributed by atoms with Crippen LogP contribution >= 0.6 is 0 Å². The lowest BCUT2D eigenvalue weighted by Crippen LogP contribution is -2.23. The van der Waals surface area contributed by atoms with Crippen LogP contribution in [0, 0.1) is 19.8 Å². The van der Waals surface area contributed by atoms with Crippen LogP contribution in [0.15, 0.2) is 12.1 Å². The number of aryl methyl sites for hydroxylation is 2. The van der Waals surface area contributed by atoms with Crippen molar-refractivity contribution in [3.05, 3.63) is 28.8 Å². The molecule has 0 saturated heterocycles. The molecule has 76 valence electrons. The largest absolute Gasteiger partial charge is 0.385 e. The predicted octanol–water partition coefficient (Wildman–Crippen LogP) is 3.30. The Labute approximate surface area is 86.5 Å². The summed E-state index contributed by atoms with van der Waals surface area (Å²) in [7, 11) is 0. The third-order valence-corrected chi connectivity index (χ3v) is 3.27. The van der Waals surface area contributed by atoms with Crippen LogP contribution < -0.4 is 5.32 Å². The number of anilines is 1. The van der Waals surface area contributed by atoms with Gasteiger partial charge in [0.05, 0.1) is 0 Å². The van der Waals surface area contributed by atoms with Crippen LogP contribution in [0.3, 0.4) is 0 Å². The summed E-state index contributed by atoms with van der Waals surface area (Å²) in [6.45, 7) is 7.82. The monoisotopic (exact) mass is 189 g/mol. The minimum Gasteiger partial charge on any atom is -0.385 e. The molecule has 1 N–H and O–H groups in total. The quantitative estimate of drug-likeness (QED) is 0.714. The number of hydrogen-bond acceptors (Lipinski definition) is 1. The van der Waals surface area contributed by atoms with Crippen molar-refractivity contribution in [2.24, 2.45) is 5.92 Å². The number of hydrogen-bond donors (Lipinski definition) is 1. The fourth-order valence-electron chi connectivity index (χ4n) is 2.33. The molecular weight excluding hydrogens is 170 g/mol. The van der Waals surface area contributed by atoms with Gasteiger partial charge in [-0.3, -0.25) is 0 Å². The smallest absolute Gasteiger partial charge is 0.0378 e. The van der Waals surface area contributed by atoms with Crippen LogP contribution in [0.5, 0.6) is 0 Å². The number of rotatable bonds is 1. The molecule has 0 aromatic heterocycles. The van der Waals surface area contributed by atoms with Crippen molar-refractivity contribution in [3.8, 4) is 0 Å². The van der Waals surface area contributed by atoms with E-state index in [1.54, 1.807) is 0 Å². The Kier molecular flexibility index (Phi) is 2.49. The zero-order valence-corrected chi connectivity index (χ0v) is 9.35. The van der Waals surface area contributed by atoms with Gasteiger partial charge in [-0.15, -0.1) is 0 Å². The minimum absolute atomic E-state index is 0.823. The maximum absolute atomic E-state index is 3.55. The molecule has 1 heteroatoms. The maximum Gasteiger partial charge on any atom is 0.0378 e. The van der Waals surface area contributed by atoms with Crippen molar-refractivity contribution in [2.45, 2.75) is 33.6 Å². The van der Waals surface area contributed by atoms with Crippen LogP contribution in [0.2, 0.25) is 0 Å². The van der Waals surface area contributed by atoms with E-state index in [-0.39, 0.29) is 0 Å². The lowest BCUT2D eigenvalue weighted by molar-refractivity contribution is 0.519.